The molecule has 5 rings (SSSR count). The van der Waals surface area contributed by atoms with Crippen LogP contribution in [0.4, 0.5) is 15.8 Å². The van der Waals surface area contributed by atoms with Gasteiger partial charge in [-0.25, -0.2) is 4.39 Å². The fourth-order valence-corrected chi connectivity index (χ4v) is 4.70. The first-order valence-electron chi connectivity index (χ1n) is 11.8. The number of anilines is 2. The van der Waals surface area contributed by atoms with Gasteiger partial charge in [-0.3, -0.25) is 14.4 Å². The molecule has 0 radical (unpaired) electrons. The van der Waals surface area contributed by atoms with Crippen molar-refractivity contribution >= 4 is 50.9 Å². The van der Waals surface area contributed by atoms with Crippen LogP contribution in [-0.4, -0.2) is 22.7 Å². The number of hydrogen-bond donors (Lipinski definition) is 5. The number of carbonyl (C=O) groups excluding carboxylic acids is 3. The van der Waals surface area contributed by atoms with E-state index in [0.29, 0.717) is 39.1 Å². The minimum atomic E-state index is -0.588. The van der Waals surface area contributed by atoms with Crippen LogP contribution in [0.15, 0.2) is 72.8 Å². The number of hydrogen-bond acceptors (Lipinski definition) is 4. The zero-order valence-electron chi connectivity index (χ0n) is 20.4. The van der Waals surface area contributed by atoms with E-state index < -0.39 is 17.6 Å². The van der Waals surface area contributed by atoms with Crippen LogP contribution in [0, 0.1) is 5.82 Å². The SMILES string of the molecule is CC(=O)Nc1ccc2c(c1)[nH]c1c(C(N)=O)ccc(-c3cccc(NC(=O)c4ccc(F)cc4)c3CN)c12. The fraction of sp³-hybridized carbons (Fsp3) is 0.0690. The summed E-state index contributed by atoms with van der Waals surface area (Å²) in [5, 5.41) is 7.20. The van der Waals surface area contributed by atoms with Crippen LogP contribution >= 0.6 is 0 Å². The summed E-state index contributed by atoms with van der Waals surface area (Å²) in [6, 6.07) is 19.6. The Kier molecular flexibility index (Phi) is 6.36. The lowest BCUT2D eigenvalue weighted by Crippen LogP contribution is -2.15. The van der Waals surface area contributed by atoms with Gasteiger partial charge in [-0.05, 0) is 65.2 Å². The van der Waals surface area contributed by atoms with Gasteiger partial charge >= 0.3 is 0 Å². The third-order valence-electron chi connectivity index (χ3n) is 6.36. The van der Waals surface area contributed by atoms with Gasteiger partial charge in [-0.15, -0.1) is 0 Å². The maximum absolute atomic E-state index is 13.3. The van der Waals surface area contributed by atoms with Crippen LogP contribution in [0.1, 0.15) is 33.2 Å². The molecule has 0 saturated carbocycles. The summed E-state index contributed by atoms with van der Waals surface area (Å²) in [5.41, 5.74) is 17.1. The number of nitrogens with one attached hydrogen (secondary N) is 3. The topological polar surface area (TPSA) is 143 Å². The number of carbonyl (C=O) groups is 3. The van der Waals surface area contributed by atoms with Crippen LogP contribution in [0.25, 0.3) is 32.9 Å². The molecule has 0 unspecified atom stereocenters. The molecule has 8 nitrogen and oxygen atoms in total. The monoisotopic (exact) mass is 509 g/mol. The quantitative estimate of drug-likeness (QED) is 0.222. The maximum Gasteiger partial charge on any atom is 0.255 e. The lowest BCUT2D eigenvalue weighted by molar-refractivity contribution is -0.114. The van der Waals surface area contributed by atoms with E-state index in [0.717, 1.165) is 21.9 Å². The highest BCUT2D eigenvalue weighted by atomic mass is 19.1. The van der Waals surface area contributed by atoms with Crippen molar-refractivity contribution in [2.75, 3.05) is 10.6 Å². The standard InChI is InChI=1S/C29H24FN5O3/c1-15(36)33-18-9-10-21-25(13-18)34-27-22(28(32)37)12-11-20(26(21)27)19-3-2-4-24(23(19)14-31)35-29(38)16-5-7-17(30)8-6-16/h2-13,34H,14,31H2,1H3,(H2,32,37)(H,33,36)(H,35,38). The van der Waals surface area contributed by atoms with Crippen molar-refractivity contribution in [2.24, 2.45) is 11.5 Å². The molecule has 190 valence electrons. The van der Waals surface area contributed by atoms with Gasteiger partial charge in [0.2, 0.25) is 5.91 Å². The molecule has 4 aromatic carbocycles. The molecule has 7 N–H and O–H groups in total. The number of halogens is 1. The van der Waals surface area contributed by atoms with Crippen LogP contribution in [0.5, 0.6) is 0 Å². The summed E-state index contributed by atoms with van der Waals surface area (Å²) in [6.45, 7) is 1.54. The Morgan fingerprint density at radius 2 is 1.68 bits per heavy atom. The maximum atomic E-state index is 13.3. The number of aromatic amines is 1. The van der Waals surface area contributed by atoms with Gasteiger partial charge in [-0.1, -0.05) is 24.3 Å². The molecule has 0 aliphatic heterocycles. The first-order chi connectivity index (χ1) is 18.3. The molecule has 0 bridgehead atoms. The number of fused-ring (bicyclic) bond motifs is 3. The van der Waals surface area contributed by atoms with Gasteiger partial charge in [0.25, 0.3) is 11.8 Å². The molecule has 3 amide bonds. The molecule has 5 aromatic rings. The minimum Gasteiger partial charge on any atom is -0.366 e. The summed E-state index contributed by atoms with van der Waals surface area (Å²) >= 11 is 0. The van der Waals surface area contributed by atoms with Crippen molar-refractivity contribution in [3.63, 3.8) is 0 Å². The molecular formula is C29H24FN5O3. The molecule has 0 atom stereocenters. The van der Waals surface area contributed by atoms with Gasteiger partial charge in [-0.2, -0.15) is 0 Å². The molecule has 1 heterocycles. The summed E-state index contributed by atoms with van der Waals surface area (Å²) in [7, 11) is 0. The Labute approximate surface area is 216 Å². The fourth-order valence-electron chi connectivity index (χ4n) is 4.70. The Balaban J connectivity index is 1.68. The molecule has 0 aliphatic carbocycles. The Morgan fingerprint density at radius 3 is 2.37 bits per heavy atom. The van der Waals surface area contributed by atoms with E-state index in [-0.39, 0.29) is 12.5 Å². The van der Waals surface area contributed by atoms with Gasteiger partial charge in [0.15, 0.2) is 0 Å². The van der Waals surface area contributed by atoms with E-state index in [1.54, 1.807) is 36.4 Å². The third-order valence-corrected chi connectivity index (χ3v) is 6.36. The van der Waals surface area contributed by atoms with E-state index in [9.17, 15) is 18.8 Å². The van der Waals surface area contributed by atoms with Crippen LogP contribution in [0.2, 0.25) is 0 Å². The normalized spacial score (nSPS) is 11.0. The highest BCUT2D eigenvalue weighted by molar-refractivity contribution is 6.20. The van der Waals surface area contributed by atoms with E-state index in [1.165, 1.54) is 31.2 Å². The van der Waals surface area contributed by atoms with E-state index in [2.05, 4.69) is 15.6 Å². The number of primary amides is 1. The second-order valence-electron chi connectivity index (χ2n) is 8.84. The second kappa shape index (κ2) is 9.79. The first-order valence-corrected chi connectivity index (χ1v) is 11.8. The van der Waals surface area contributed by atoms with Crippen molar-refractivity contribution in [1.82, 2.24) is 4.98 Å². The number of aromatic nitrogens is 1. The van der Waals surface area contributed by atoms with Crippen LogP contribution < -0.4 is 22.1 Å². The van der Waals surface area contributed by atoms with E-state index in [4.69, 9.17) is 11.5 Å². The number of amides is 3. The first kappa shape index (κ1) is 24.7. The smallest absolute Gasteiger partial charge is 0.255 e. The zero-order chi connectivity index (χ0) is 27.0. The van der Waals surface area contributed by atoms with Crippen molar-refractivity contribution in [2.45, 2.75) is 13.5 Å². The molecule has 0 fully saturated rings. The molecule has 0 spiro atoms. The Bertz CT molecular complexity index is 1740. The summed E-state index contributed by atoms with van der Waals surface area (Å²) in [4.78, 5) is 39.9. The van der Waals surface area contributed by atoms with Gasteiger partial charge in [0.05, 0.1) is 11.1 Å². The molecule has 0 aliphatic rings. The summed E-state index contributed by atoms with van der Waals surface area (Å²) in [5.74, 6) is -1.62. The molecule has 0 saturated heterocycles. The predicted molar refractivity (Wildman–Crippen MR) is 146 cm³/mol. The molecule has 9 heteroatoms. The number of rotatable bonds is 6. The summed E-state index contributed by atoms with van der Waals surface area (Å²) < 4.78 is 13.3. The summed E-state index contributed by atoms with van der Waals surface area (Å²) in [6.07, 6.45) is 0. The number of H-pyrrole nitrogens is 1. The Hall–Kier alpha value is -5.02. The van der Waals surface area contributed by atoms with Crippen molar-refractivity contribution in [3.8, 4) is 11.1 Å². The lowest BCUT2D eigenvalue weighted by atomic mass is 9.92. The van der Waals surface area contributed by atoms with Crippen LogP contribution in [0.3, 0.4) is 0 Å². The molecular weight excluding hydrogens is 485 g/mol. The van der Waals surface area contributed by atoms with Gasteiger partial charge < -0.3 is 27.1 Å². The Morgan fingerprint density at radius 1 is 0.921 bits per heavy atom. The number of benzene rings is 4. The largest absolute Gasteiger partial charge is 0.366 e. The average Bonchev–Trinajstić information content (AvgIpc) is 3.26. The average molecular weight is 510 g/mol. The minimum absolute atomic E-state index is 0.114. The molecule has 1 aromatic heterocycles. The van der Waals surface area contributed by atoms with E-state index >= 15 is 0 Å². The highest BCUT2D eigenvalue weighted by Gasteiger charge is 2.20. The molecule has 38 heavy (non-hydrogen) atoms. The predicted octanol–water partition coefficient (Wildman–Crippen LogP) is 4.90. The lowest BCUT2D eigenvalue weighted by Gasteiger charge is -2.16. The zero-order valence-corrected chi connectivity index (χ0v) is 20.4. The van der Waals surface area contributed by atoms with Crippen molar-refractivity contribution in [3.05, 3.63) is 95.3 Å². The van der Waals surface area contributed by atoms with Crippen molar-refractivity contribution in [1.29, 1.82) is 0 Å². The third kappa shape index (κ3) is 4.46. The number of nitrogens with two attached hydrogens (primary N) is 2. The van der Waals surface area contributed by atoms with Crippen LogP contribution in [-0.2, 0) is 11.3 Å². The van der Waals surface area contributed by atoms with Gasteiger partial charge in [0, 0.05) is 46.7 Å². The van der Waals surface area contributed by atoms with E-state index in [1.807, 2.05) is 12.1 Å². The second-order valence-corrected chi connectivity index (χ2v) is 8.84. The highest BCUT2D eigenvalue weighted by Crippen LogP contribution is 2.40. The van der Waals surface area contributed by atoms with Gasteiger partial charge in [0.1, 0.15) is 5.82 Å². The van der Waals surface area contributed by atoms with Crippen molar-refractivity contribution < 1.29 is 18.8 Å².